The highest BCUT2D eigenvalue weighted by Crippen LogP contribution is 2.42. The molecule has 25 heavy (non-hydrogen) atoms. The number of likely N-dealkylation sites (tertiary alicyclic amines) is 1. The van der Waals surface area contributed by atoms with Crippen LogP contribution in [0.2, 0.25) is 0 Å². The first-order chi connectivity index (χ1) is 11.9. The zero-order valence-electron chi connectivity index (χ0n) is 15.8. The Morgan fingerprint density at radius 3 is 2.48 bits per heavy atom. The van der Waals surface area contributed by atoms with Gasteiger partial charge in [0.05, 0.1) is 0 Å². The van der Waals surface area contributed by atoms with Crippen LogP contribution in [0.4, 0.5) is 4.79 Å². The molecule has 6 nitrogen and oxygen atoms in total. The highest BCUT2D eigenvalue weighted by molar-refractivity contribution is 6.07. The Kier molecular flexibility index (Phi) is 5.07. The maximum Gasteiger partial charge on any atom is 0.327 e. The minimum absolute atomic E-state index is 0.0174. The third-order valence-corrected chi connectivity index (χ3v) is 5.97. The fourth-order valence-electron chi connectivity index (χ4n) is 4.78. The van der Waals surface area contributed by atoms with Crippen molar-refractivity contribution in [1.82, 2.24) is 14.7 Å². The lowest BCUT2D eigenvalue weighted by atomic mass is 9.90. The summed E-state index contributed by atoms with van der Waals surface area (Å²) in [5.41, 5.74) is -0.573. The Balaban J connectivity index is 1.67. The van der Waals surface area contributed by atoms with E-state index < -0.39 is 5.54 Å². The molecule has 0 unspecified atom stereocenters. The van der Waals surface area contributed by atoms with Crippen LogP contribution >= 0.6 is 0 Å². The van der Waals surface area contributed by atoms with Crippen molar-refractivity contribution >= 4 is 17.8 Å². The Hall–Kier alpha value is -1.59. The van der Waals surface area contributed by atoms with Gasteiger partial charge in [-0.05, 0) is 38.0 Å². The zero-order valence-corrected chi connectivity index (χ0v) is 15.8. The molecule has 0 radical (unpaired) electrons. The third kappa shape index (κ3) is 3.04. The van der Waals surface area contributed by atoms with Gasteiger partial charge in [-0.15, -0.1) is 0 Å². The molecule has 0 aromatic rings. The summed E-state index contributed by atoms with van der Waals surface area (Å²) in [4.78, 5) is 43.5. The maximum absolute atomic E-state index is 13.2. The number of carbonyl (C=O) groups excluding carboxylic acids is 3. The van der Waals surface area contributed by atoms with Gasteiger partial charge in [-0.1, -0.05) is 27.2 Å². The predicted molar refractivity (Wildman–Crippen MR) is 94.9 cm³/mol. The highest BCUT2D eigenvalue weighted by atomic mass is 16.2. The first kappa shape index (κ1) is 18.2. The summed E-state index contributed by atoms with van der Waals surface area (Å²) >= 11 is 0. The van der Waals surface area contributed by atoms with E-state index in [1.54, 1.807) is 4.90 Å². The van der Waals surface area contributed by atoms with Crippen molar-refractivity contribution in [3.63, 3.8) is 0 Å². The quantitative estimate of drug-likeness (QED) is 0.717. The number of fused-ring (bicyclic) bond motifs is 1. The summed E-state index contributed by atoms with van der Waals surface area (Å²) < 4.78 is 0. The molecule has 0 aromatic heterocycles. The van der Waals surface area contributed by atoms with Crippen LogP contribution in [0.1, 0.15) is 65.7 Å². The van der Waals surface area contributed by atoms with E-state index in [0.29, 0.717) is 44.8 Å². The van der Waals surface area contributed by atoms with E-state index in [2.05, 4.69) is 6.92 Å². The highest BCUT2D eigenvalue weighted by Gasteiger charge is 2.60. The molecule has 3 fully saturated rings. The van der Waals surface area contributed by atoms with Gasteiger partial charge in [-0.2, -0.15) is 0 Å². The van der Waals surface area contributed by atoms with Crippen LogP contribution < -0.4 is 0 Å². The summed E-state index contributed by atoms with van der Waals surface area (Å²) in [6.07, 6.45) is 5.38. The number of carbonyl (C=O) groups is 3. The number of hydrogen-bond donors (Lipinski definition) is 0. The van der Waals surface area contributed by atoms with Crippen LogP contribution in [0.25, 0.3) is 0 Å². The van der Waals surface area contributed by atoms with Gasteiger partial charge in [0, 0.05) is 32.1 Å². The smallest absolute Gasteiger partial charge is 0.327 e. The van der Waals surface area contributed by atoms with Crippen LogP contribution in [0.3, 0.4) is 0 Å². The average molecular weight is 349 g/mol. The number of piperidine rings is 1. The number of rotatable bonds is 5. The van der Waals surface area contributed by atoms with E-state index >= 15 is 0 Å². The minimum atomic E-state index is -0.573. The van der Waals surface area contributed by atoms with Crippen molar-refractivity contribution in [3.8, 4) is 0 Å². The second kappa shape index (κ2) is 6.96. The summed E-state index contributed by atoms with van der Waals surface area (Å²) in [5.74, 6) is 0.562. The topological polar surface area (TPSA) is 60.9 Å². The van der Waals surface area contributed by atoms with Gasteiger partial charge in [0.2, 0.25) is 5.91 Å². The lowest BCUT2D eigenvalue weighted by Crippen LogP contribution is -2.50. The lowest BCUT2D eigenvalue weighted by Gasteiger charge is -2.36. The molecule has 1 atom stereocenters. The third-order valence-electron chi connectivity index (χ3n) is 5.97. The van der Waals surface area contributed by atoms with Gasteiger partial charge < -0.3 is 9.80 Å². The Bertz CT molecular complexity index is 554. The van der Waals surface area contributed by atoms with Crippen molar-refractivity contribution in [2.45, 2.75) is 77.3 Å². The normalized spacial score (nSPS) is 27.6. The molecule has 0 saturated carbocycles. The number of urea groups is 1. The molecular formula is C19H31N3O3. The van der Waals surface area contributed by atoms with Crippen molar-refractivity contribution < 1.29 is 14.4 Å². The average Bonchev–Trinajstić information content (AvgIpc) is 3.07. The molecule has 0 spiro atoms. The molecule has 4 amide bonds. The second-order valence-electron chi connectivity index (χ2n) is 8.20. The van der Waals surface area contributed by atoms with E-state index in [1.807, 2.05) is 23.6 Å². The fraction of sp³-hybridized carbons (Fsp3) is 0.842. The van der Waals surface area contributed by atoms with Crippen LogP contribution in [0.15, 0.2) is 0 Å². The van der Waals surface area contributed by atoms with E-state index in [9.17, 15) is 14.4 Å². The fourth-order valence-corrected chi connectivity index (χ4v) is 4.78. The lowest BCUT2D eigenvalue weighted by molar-refractivity contribution is -0.136. The van der Waals surface area contributed by atoms with E-state index in [1.165, 1.54) is 0 Å². The van der Waals surface area contributed by atoms with Gasteiger partial charge in [0.25, 0.3) is 5.91 Å². The van der Waals surface area contributed by atoms with Gasteiger partial charge in [0.15, 0.2) is 0 Å². The molecule has 3 aliphatic heterocycles. The van der Waals surface area contributed by atoms with Crippen LogP contribution in [0, 0.1) is 5.92 Å². The summed E-state index contributed by atoms with van der Waals surface area (Å²) in [7, 11) is 0. The summed E-state index contributed by atoms with van der Waals surface area (Å²) in [6, 6.07) is -0.148. The van der Waals surface area contributed by atoms with Crippen LogP contribution in [0.5, 0.6) is 0 Å². The molecule has 3 saturated heterocycles. The van der Waals surface area contributed by atoms with Crippen LogP contribution in [-0.4, -0.2) is 63.8 Å². The van der Waals surface area contributed by atoms with Gasteiger partial charge >= 0.3 is 6.03 Å². The molecular weight excluding hydrogens is 318 g/mol. The maximum atomic E-state index is 13.2. The Morgan fingerprint density at radius 2 is 1.88 bits per heavy atom. The molecule has 3 rings (SSSR count). The van der Waals surface area contributed by atoms with Gasteiger partial charge in [-0.3, -0.25) is 14.5 Å². The molecule has 0 N–H and O–H groups in total. The van der Waals surface area contributed by atoms with E-state index in [4.69, 9.17) is 0 Å². The van der Waals surface area contributed by atoms with Crippen molar-refractivity contribution in [2.24, 2.45) is 5.92 Å². The number of hydrogen-bond acceptors (Lipinski definition) is 3. The first-order valence-electron chi connectivity index (χ1n) is 9.83. The number of nitrogens with zero attached hydrogens (tertiary/aromatic N) is 3. The monoisotopic (exact) mass is 349 g/mol. The molecule has 0 bridgehead atoms. The van der Waals surface area contributed by atoms with E-state index in [-0.39, 0.29) is 23.9 Å². The molecule has 0 aromatic carbocycles. The van der Waals surface area contributed by atoms with Crippen molar-refractivity contribution in [1.29, 1.82) is 0 Å². The number of amides is 4. The van der Waals surface area contributed by atoms with Gasteiger partial charge in [0.1, 0.15) is 5.54 Å². The van der Waals surface area contributed by atoms with E-state index in [0.717, 1.165) is 25.7 Å². The zero-order chi connectivity index (χ0) is 18.2. The molecule has 3 aliphatic rings. The molecule has 0 aliphatic carbocycles. The summed E-state index contributed by atoms with van der Waals surface area (Å²) in [5, 5.41) is 0. The summed E-state index contributed by atoms with van der Waals surface area (Å²) in [6.45, 7) is 8.17. The predicted octanol–water partition coefficient (Wildman–Crippen LogP) is 2.62. The van der Waals surface area contributed by atoms with Crippen LogP contribution in [-0.2, 0) is 9.59 Å². The first-order valence-corrected chi connectivity index (χ1v) is 9.83. The van der Waals surface area contributed by atoms with Crippen molar-refractivity contribution in [2.75, 3.05) is 19.6 Å². The molecule has 3 heterocycles. The largest absolute Gasteiger partial charge is 0.343 e. The Labute approximate surface area is 150 Å². The minimum Gasteiger partial charge on any atom is -0.343 e. The second-order valence-corrected chi connectivity index (χ2v) is 8.20. The Morgan fingerprint density at radius 1 is 1.20 bits per heavy atom. The van der Waals surface area contributed by atoms with Gasteiger partial charge in [-0.25, -0.2) is 4.79 Å². The standard InChI is InChI=1S/C19H31N3O3/c1-4-8-19-9-5-10-21(19)18(25)22(17(19)24)15-6-11-20(12-7-15)16(23)13-14(2)3/h14-15H,4-13H2,1-3H3/t19-/m1/s1. The SMILES string of the molecule is CCC[C@]12CCCN1C(=O)N(C1CCN(C(=O)CC(C)C)CC1)C2=O. The molecule has 140 valence electrons. The number of imide groups is 1. The van der Waals surface area contributed by atoms with Crippen molar-refractivity contribution in [3.05, 3.63) is 0 Å². The molecule has 6 heteroatoms.